The Hall–Kier alpha value is -2.36. The summed E-state index contributed by atoms with van der Waals surface area (Å²) in [4.78, 5) is 23.6. The number of ether oxygens (including phenoxy) is 1. The molecule has 1 aliphatic rings. The summed E-state index contributed by atoms with van der Waals surface area (Å²) >= 11 is 0. The zero-order valence-electron chi connectivity index (χ0n) is 19.8. The predicted octanol–water partition coefficient (Wildman–Crippen LogP) is 3.98. The van der Waals surface area contributed by atoms with Crippen LogP contribution in [-0.2, 0) is 17.9 Å². The first-order chi connectivity index (χ1) is 15.5. The fraction of sp³-hybridized carbons (Fsp3) is 0.480. The maximum Gasteiger partial charge on any atom is 0.230 e. The van der Waals surface area contributed by atoms with E-state index in [1.807, 2.05) is 63.5 Å². The number of nitrogens with one attached hydrogen (secondary N) is 2. The van der Waals surface area contributed by atoms with Gasteiger partial charge in [-0.3, -0.25) is 9.78 Å². The third-order valence-corrected chi connectivity index (χ3v) is 5.79. The molecule has 1 amide bonds. The first-order valence-corrected chi connectivity index (χ1v) is 11.4. The molecule has 0 saturated heterocycles. The summed E-state index contributed by atoms with van der Waals surface area (Å²) in [5, 5.41) is 6.72. The van der Waals surface area contributed by atoms with Crippen LogP contribution in [0.4, 0.5) is 0 Å². The predicted molar refractivity (Wildman–Crippen MR) is 143 cm³/mol. The Labute approximate surface area is 214 Å². The van der Waals surface area contributed by atoms with Crippen molar-refractivity contribution in [3.63, 3.8) is 0 Å². The lowest BCUT2D eigenvalue weighted by molar-refractivity contribution is -0.138. The maximum absolute atomic E-state index is 12.8. The van der Waals surface area contributed by atoms with Crippen molar-refractivity contribution in [3.05, 3.63) is 59.9 Å². The molecule has 1 saturated carbocycles. The third-order valence-electron chi connectivity index (χ3n) is 5.79. The Morgan fingerprint density at radius 2 is 1.94 bits per heavy atom. The molecule has 180 valence electrons. The molecule has 0 unspecified atom stereocenters. The van der Waals surface area contributed by atoms with Gasteiger partial charge in [-0.25, -0.2) is 4.99 Å². The van der Waals surface area contributed by atoms with Crippen LogP contribution < -0.4 is 15.4 Å². The highest BCUT2D eigenvalue weighted by atomic mass is 127. The van der Waals surface area contributed by atoms with Crippen LogP contribution >= 0.6 is 24.0 Å². The number of carbonyl (C=O) groups excluding carboxylic acids is 1. The van der Waals surface area contributed by atoms with E-state index in [2.05, 4.69) is 15.6 Å². The highest BCUT2D eigenvalue weighted by Crippen LogP contribution is 2.38. The number of hydrogen-bond donors (Lipinski definition) is 2. The highest BCUT2D eigenvalue weighted by Gasteiger charge is 2.42. The van der Waals surface area contributed by atoms with E-state index in [4.69, 9.17) is 9.73 Å². The van der Waals surface area contributed by atoms with Crippen molar-refractivity contribution < 1.29 is 9.53 Å². The number of benzene rings is 1. The average molecular weight is 566 g/mol. The van der Waals surface area contributed by atoms with Crippen LogP contribution in [0.25, 0.3) is 0 Å². The summed E-state index contributed by atoms with van der Waals surface area (Å²) in [5.41, 5.74) is 1.61. The number of nitrogens with zero attached hydrogens (tertiary/aromatic N) is 3. The molecule has 2 N–H and O–H groups in total. The lowest BCUT2D eigenvalue weighted by Gasteiger charge is -2.31. The standard InChI is InChI=1S/C25H35N5O2.HI/c1-4-26-24(29-19-25(13-6-7-14-25)23(31)30(2)3)28-17-20-10-9-12-22(16-20)32-18-21-11-5-8-15-27-21;/h5,8-12,15-16H,4,6-7,13-14,17-19H2,1-3H3,(H2,26,28,29);1H. The molecule has 1 aromatic carbocycles. The molecule has 0 radical (unpaired) electrons. The van der Waals surface area contributed by atoms with Gasteiger partial charge in [-0.2, -0.15) is 0 Å². The lowest BCUT2D eigenvalue weighted by Crippen LogP contribution is -2.49. The number of carbonyl (C=O) groups is 1. The Kier molecular flexibility index (Phi) is 10.9. The number of amides is 1. The Morgan fingerprint density at radius 1 is 1.15 bits per heavy atom. The summed E-state index contributed by atoms with van der Waals surface area (Å²) < 4.78 is 5.88. The maximum atomic E-state index is 12.8. The van der Waals surface area contributed by atoms with E-state index < -0.39 is 0 Å². The van der Waals surface area contributed by atoms with Gasteiger partial charge >= 0.3 is 0 Å². The van der Waals surface area contributed by atoms with Crippen molar-refractivity contribution in [2.45, 2.75) is 45.8 Å². The molecule has 0 bridgehead atoms. The second kappa shape index (κ2) is 13.4. The quantitative estimate of drug-likeness (QED) is 0.273. The van der Waals surface area contributed by atoms with Gasteiger partial charge in [0, 0.05) is 33.4 Å². The molecule has 1 fully saturated rings. The molecule has 1 heterocycles. The molecule has 3 rings (SSSR count). The number of aliphatic imine (C=N–C) groups is 1. The zero-order valence-corrected chi connectivity index (χ0v) is 22.2. The number of aromatic nitrogens is 1. The minimum atomic E-state index is -0.334. The van der Waals surface area contributed by atoms with E-state index in [-0.39, 0.29) is 35.3 Å². The van der Waals surface area contributed by atoms with Crippen LogP contribution in [0.1, 0.15) is 43.9 Å². The normalized spacial score (nSPS) is 14.8. The fourth-order valence-corrected chi connectivity index (χ4v) is 4.13. The van der Waals surface area contributed by atoms with E-state index in [1.165, 1.54) is 0 Å². The van der Waals surface area contributed by atoms with Crippen LogP contribution in [-0.4, -0.2) is 48.9 Å². The van der Waals surface area contributed by atoms with Crippen LogP contribution in [0.5, 0.6) is 5.75 Å². The van der Waals surface area contributed by atoms with Gasteiger partial charge in [0.1, 0.15) is 12.4 Å². The van der Waals surface area contributed by atoms with Gasteiger partial charge in [-0.05, 0) is 49.6 Å². The van der Waals surface area contributed by atoms with Crippen molar-refractivity contribution in [1.29, 1.82) is 0 Å². The van der Waals surface area contributed by atoms with E-state index in [1.54, 1.807) is 11.1 Å². The molecular weight excluding hydrogens is 529 g/mol. The smallest absolute Gasteiger partial charge is 0.230 e. The molecule has 33 heavy (non-hydrogen) atoms. The van der Waals surface area contributed by atoms with Crippen molar-refractivity contribution in [2.75, 3.05) is 27.2 Å². The SMILES string of the molecule is CCNC(=NCc1cccc(OCc2ccccn2)c1)NCC1(C(=O)N(C)C)CCCC1.I. The molecule has 0 spiro atoms. The van der Waals surface area contributed by atoms with Crippen LogP contribution in [0.3, 0.4) is 0 Å². The second-order valence-electron chi connectivity index (χ2n) is 8.49. The number of guanidine groups is 1. The van der Waals surface area contributed by atoms with Crippen molar-refractivity contribution in [2.24, 2.45) is 10.4 Å². The number of rotatable bonds is 9. The summed E-state index contributed by atoms with van der Waals surface area (Å²) in [6.07, 6.45) is 5.81. The Bertz CT molecular complexity index is 899. The zero-order chi connectivity index (χ0) is 22.8. The fourth-order valence-electron chi connectivity index (χ4n) is 4.13. The monoisotopic (exact) mass is 565 g/mol. The Balaban J connectivity index is 0.00000385. The first kappa shape index (κ1) is 26.9. The molecule has 1 aliphatic carbocycles. The van der Waals surface area contributed by atoms with Gasteiger partial charge in [0.15, 0.2) is 5.96 Å². The molecular formula is C25H36IN5O2. The van der Waals surface area contributed by atoms with E-state index in [0.29, 0.717) is 19.7 Å². The van der Waals surface area contributed by atoms with Gasteiger partial charge < -0.3 is 20.3 Å². The highest BCUT2D eigenvalue weighted by molar-refractivity contribution is 14.0. The minimum absolute atomic E-state index is 0. The van der Waals surface area contributed by atoms with Crippen molar-refractivity contribution in [3.8, 4) is 5.75 Å². The topological polar surface area (TPSA) is 78.9 Å². The van der Waals surface area contributed by atoms with Gasteiger partial charge in [0.05, 0.1) is 17.7 Å². The number of hydrogen-bond acceptors (Lipinski definition) is 4. The minimum Gasteiger partial charge on any atom is -0.487 e. The number of halogens is 1. The third kappa shape index (κ3) is 7.87. The summed E-state index contributed by atoms with van der Waals surface area (Å²) in [5.74, 6) is 1.73. The van der Waals surface area contributed by atoms with Gasteiger partial charge in [-0.1, -0.05) is 31.0 Å². The second-order valence-corrected chi connectivity index (χ2v) is 8.49. The van der Waals surface area contributed by atoms with Crippen LogP contribution in [0, 0.1) is 5.41 Å². The van der Waals surface area contributed by atoms with Crippen molar-refractivity contribution >= 4 is 35.8 Å². The van der Waals surface area contributed by atoms with Gasteiger partial charge in [-0.15, -0.1) is 24.0 Å². The molecule has 0 atom stereocenters. The largest absolute Gasteiger partial charge is 0.487 e. The van der Waals surface area contributed by atoms with Crippen LogP contribution in [0.2, 0.25) is 0 Å². The van der Waals surface area contributed by atoms with E-state index >= 15 is 0 Å². The lowest BCUT2D eigenvalue weighted by atomic mass is 9.84. The summed E-state index contributed by atoms with van der Waals surface area (Å²) in [6.45, 7) is 4.35. The summed E-state index contributed by atoms with van der Waals surface area (Å²) in [6, 6.07) is 13.7. The molecule has 2 aromatic rings. The van der Waals surface area contributed by atoms with E-state index in [0.717, 1.165) is 55.2 Å². The van der Waals surface area contributed by atoms with Gasteiger partial charge in [0.25, 0.3) is 0 Å². The summed E-state index contributed by atoms with van der Waals surface area (Å²) in [7, 11) is 3.68. The number of pyridine rings is 1. The van der Waals surface area contributed by atoms with Crippen molar-refractivity contribution in [1.82, 2.24) is 20.5 Å². The molecule has 7 nitrogen and oxygen atoms in total. The average Bonchev–Trinajstić information content (AvgIpc) is 3.30. The molecule has 0 aliphatic heterocycles. The van der Waals surface area contributed by atoms with Crippen LogP contribution in [0.15, 0.2) is 53.7 Å². The first-order valence-electron chi connectivity index (χ1n) is 11.4. The Morgan fingerprint density at radius 3 is 2.61 bits per heavy atom. The van der Waals surface area contributed by atoms with Gasteiger partial charge in [0.2, 0.25) is 5.91 Å². The van der Waals surface area contributed by atoms with E-state index in [9.17, 15) is 4.79 Å². The molecule has 8 heteroatoms. The molecule has 1 aromatic heterocycles.